The molecule has 4 amide bonds. The maximum atomic E-state index is 12.2. The monoisotopic (exact) mass is 361 g/mol. The summed E-state index contributed by atoms with van der Waals surface area (Å²) in [5.41, 5.74) is 10.4. The maximum Gasteiger partial charge on any atom is 0.322 e. The molecule has 0 heterocycles. The van der Waals surface area contributed by atoms with Crippen LogP contribution in [0.25, 0.3) is 0 Å². The summed E-state index contributed by atoms with van der Waals surface area (Å²) < 4.78 is 0. The van der Waals surface area contributed by atoms with E-state index in [0.29, 0.717) is 0 Å². The second-order valence-corrected chi connectivity index (χ2v) is 5.36. The predicted octanol–water partition coefficient (Wildman–Crippen LogP) is -4.24. The molecule has 0 aliphatic rings. The summed E-state index contributed by atoms with van der Waals surface area (Å²) in [6, 6.07) is -3.87. The number of aliphatic carboxylic acids is 1. The molecule has 0 fully saturated rings. The molecule has 0 rings (SSSR count). The van der Waals surface area contributed by atoms with Crippen LogP contribution in [0.4, 0.5) is 0 Å². The Bertz CT molecular complexity index is 535. The maximum absolute atomic E-state index is 12.2. The third-order valence-corrected chi connectivity index (χ3v) is 2.93. The van der Waals surface area contributed by atoms with Gasteiger partial charge >= 0.3 is 5.97 Å². The number of hydrogen-bond acceptors (Lipinski definition) is 7. The number of carbonyl (C=O) groups excluding carboxylic acids is 4. The van der Waals surface area contributed by atoms with Crippen LogP contribution in [0.15, 0.2) is 0 Å². The Labute approximate surface area is 143 Å². The van der Waals surface area contributed by atoms with E-state index in [-0.39, 0.29) is 0 Å². The quantitative estimate of drug-likeness (QED) is 0.202. The van der Waals surface area contributed by atoms with Crippen LogP contribution in [-0.2, 0) is 24.0 Å². The van der Waals surface area contributed by atoms with Gasteiger partial charge in [0.25, 0.3) is 0 Å². The number of carbonyl (C=O) groups is 5. The molecule has 0 saturated heterocycles. The molecule has 0 bridgehead atoms. The third kappa shape index (κ3) is 8.62. The van der Waals surface area contributed by atoms with Crippen LogP contribution in [0.1, 0.15) is 20.3 Å². The van der Waals surface area contributed by atoms with Gasteiger partial charge in [-0.05, 0) is 13.8 Å². The highest BCUT2D eigenvalue weighted by molar-refractivity contribution is 5.95. The van der Waals surface area contributed by atoms with E-state index < -0.39 is 66.8 Å². The number of rotatable bonds is 10. The van der Waals surface area contributed by atoms with Crippen molar-refractivity contribution in [1.82, 2.24) is 16.0 Å². The van der Waals surface area contributed by atoms with E-state index in [1.165, 1.54) is 13.8 Å². The van der Waals surface area contributed by atoms with Crippen molar-refractivity contribution in [2.45, 2.75) is 44.5 Å². The van der Waals surface area contributed by atoms with Gasteiger partial charge in [-0.25, -0.2) is 0 Å². The zero-order valence-corrected chi connectivity index (χ0v) is 13.8. The van der Waals surface area contributed by atoms with Crippen molar-refractivity contribution in [1.29, 1.82) is 0 Å². The number of aliphatic hydroxyl groups excluding tert-OH is 1. The molecular weight excluding hydrogens is 338 g/mol. The summed E-state index contributed by atoms with van der Waals surface area (Å²) in [5.74, 6) is -4.91. The van der Waals surface area contributed by atoms with Crippen LogP contribution in [0.5, 0.6) is 0 Å². The fourth-order valence-electron chi connectivity index (χ4n) is 1.65. The lowest BCUT2D eigenvalue weighted by molar-refractivity contribution is -0.139. The van der Waals surface area contributed by atoms with Gasteiger partial charge < -0.3 is 37.6 Å². The van der Waals surface area contributed by atoms with Crippen molar-refractivity contribution in [2.75, 3.05) is 6.54 Å². The zero-order valence-electron chi connectivity index (χ0n) is 13.8. The molecule has 0 spiro atoms. The van der Waals surface area contributed by atoms with Crippen molar-refractivity contribution in [3.05, 3.63) is 0 Å². The highest BCUT2D eigenvalue weighted by Crippen LogP contribution is 1.99. The first-order valence-electron chi connectivity index (χ1n) is 7.27. The molecule has 0 aliphatic carbocycles. The normalized spacial score (nSPS) is 15.2. The second kappa shape index (κ2) is 10.2. The third-order valence-electron chi connectivity index (χ3n) is 2.93. The molecule has 0 saturated carbocycles. The Balaban J connectivity index is 5.12. The molecular formula is C13H23N5O7. The van der Waals surface area contributed by atoms with Crippen LogP contribution >= 0.6 is 0 Å². The standard InChI is InChI=1S/C13H23N5O7/c1-5(14)11(23)18-10(6(2)19)13(25)17-7(3-8(15)20)12(24)16-4-9(21)22/h5-7,10,19H,3-4,14H2,1-2H3,(H2,15,20)(H,16,24)(H,17,25)(H,18,23)(H,21,22). The minimum atomic E-state index is -1.47. The summed E-state index contributed by atoms with van der Waals surface area (Å²) in [5, 5.41) is 24.5. The Morgan fingerprint density at radius 2 is 1.56 bits per heavy atom. The number of carboxylic acid groups (broad SMARTS) is 1. The van der Waals surface area contributed by atoms with Crippen LogP contribution in [0, 0.1) is 0 Å². The van der Waals surface area contributed by atoms with Crippen molar-refractivity contribution in [2.24, 2.45) is 11.5 Å². The van der Waals surface area contributed by atoms with E-state index in [1.54, 1.807) is 0 Å². The molecule has 4 unspecified atom stereocenters. The molecule has 0 radical (unpaired) electrons. The van der Waals surface area contributed by atoms with Crippen LogP contribution in [-0.4, -0.2) is 70.6 Å². The van der Waals surface area contributed by atoms with E-state index in [1.807, 2.05) is 5.32 Å². The van der Waals surface area contributed by atoms with Gasteiger partial charge in [-0.3, -0.25) is 24.0 Å². The molecule has 4 atom stereocenters. The summed E-state index contributed by atoms with van der Waals surface area (Å²) in [7, 11) is 0. The van der Waals surface area contributed by atoms with Crippen LogP contribution in [0.2, 0.25) is 0 Å². The molecule has 0 aliphatic heterocycles. The number of hydrogen-bond donors (Lipinski definition) is 7. The van der Waals surface area contributed by atoms with Gasteiger partial charge in [0.1, 0.15) is 18.6 Å². The highest BCUT2D eigenvalue weighted by atomic mass is 16.4. The summed E-state index contributed by atoms with van der Waals surface area (Å²) in [6.45, 7) is 1.85. The minimum absolute atomic E-state index is 0.606. The van der Waals surface area contributed by atoms with Gasteiger partial charge in [0.2, 0.25) is 23.6 Å². The first-order chi connectivity index (χ1) is 11.5. The predicted molar refractivity (Wildman–Crippen MR) is 83.6 cm³/mol. The van der Waals surface area contributed by atoms with E-state index in [0.717, 1.165) is 0 Å². The molecule has 0 aromatic carbocycles. The number of primary amides is 1. The SMILES string of the molecule is CC(N)C(=O)NC(C(=O)NC(CC(N)=O)C(=O)NCC(=O)O)C(C)O. The lowest BCUT2D eigenvalue weighted by Gasteiger charge is -2.24. The summed E-state index contributed by atoms with van der Waals surface area (Å²) >= 11 is 0. The largest absolute Gasteiger partial charge is 0.480 e. The Morgan fingerprint density at radius 1 is 1.00 bits per heavy atom. The number of carboxylic acids is 1. The topological polar surface area (TPSA) is 214 Å². The zero-order chi connectivity index (χ0) is 19.7. The number of nitrogens with one attached hydrogen (secondary N) is 3. The van der Waals surface area contributed by atoms with Crippen LogP contribution < -0.4 is 27.4 Å². The number of aliphatic hydroxyl groups is 1. The molecule has 25 heavy (non-hydrogen) atoms. The fraction of sp³-hybridized carbons (Fsp3) is 0.615. The molecule has 0 aromatic heterocycles. The molecule has 0 aromatic rings. The number of amides is 4. The summed E-state index contributed by atoms with van der Waals surface area (Å²) in [4.78, 5) is 57.2. The van der Waals surface area contributed by atoms with E-state index in [2.05, 4.69) is 10.6 Å². The lowest BCUT2D eigenvalue weighted by atomic mass is 10.1. The summed E-state index contributed by atoms with van der Waals surface area (Å²) in [6.07, 6.45) is -1.94. The fourth-order valence-corrected chi connectivity index (χ4v) is 1.65. The van der Waals surface area contributed by atoms with Gasteiger partial charge in [-0.2, -0.15) is 0 Å². The van der Waals surface area contributed by atoms with Crippen molar-refractivity contribution < 1.29 is 34.2 Å². The molecule has 9 N–H and O–H groups in total. The first-order valence-corrected chi connectivity index (χ1v) is 7.27. The van der Waals surface area contributed by atoms with E-state index in [4.69, 9.17) is 16.6 Å². The average Bonchev–Trinajstić information content (AvgIpc) is 2.47. The minimum Gasteiger partial charge on any atom is -0.480 e. The smallest absolute Gasteiger partial charge is 0.322 e. The Hall–Kier alpha value is -2.73. The van der Waals surface area contributed by atoms with Gasteiger partial charge in [0.05, 0.1) is 18.6 Å². The average molecular weight is 361 g/mol. The molecule has 12 nitrogen and oxygen atoms in total. The van der Waals surface area contributed by atoms with Gasteiger partial charge in [0, 0.05) is 0 Å². The van der Waals surface area contributed by atoms with Crippen molar-refractivity contribution >= 4 is 29.6 Å². The van der Waals surface area contributed by atoms with Gasteiger partial charge in [0.15, 0.2) is 0 Å². The van der Waals surface area contributed by atoms with E-state index in [9.17, 15) is 29.1 Å². The molecule has 142 valence electrons. The Morgan fingerprint density at radius 3 is 1.96 bits per heavy atom. The van der Waals surface area contributed by atoms with E-state index >= 15 is 0 Å². The van der Waals surface area contributed by atoms with Gasteiger partial charge in [-0.15, -0.1) is 0 Å². The van der Waals surface area contributed by atoms with Crippen molar-refractivity contribution in [3.63, 3.8) is 0 Å². The first kappa shape index (κ1) is 22.3. The Kier molecular flexibility index (Phi) is 9.09. The number of nitrogens with two attached hydrogens (primary N) is 2. The van der Waals surface area contributed by atoms with Gasteiger partial charge in [-0.1, -0.05) is 0 Å². The highest BCUT2D eigenvalue weighted by Gasteiger charge is 2.31. The molecule has 12 heteroatoms. The second-order valence-electron chi connectivity index (χ2n) is 5.36. The van der Waals surface area contributed by atoms with Crippen molar-refractivity contribution in [3.8, 4) is 0 Å². The lowest BCUT2D eigenvalue weighted by Crippen LogP contribution is -2.59. The van der Waals surface area contributed by atoms with Crippen LogP contribution in [0.3, 0.4) is 0 Å².